The second-order valence-corrected chi connectivity index (χ2v) is 2.78. The van der Waals surface area contributed by atoms with Crippen molar-refractivity contribution in [2.45, 2.75) is 13.0 Å². The third-order valence-corrected chi connectivity index (χ3v) is 1.90. The summed E-state index contributed by atoms with van der Waals surface area (Å²) in [4.78, 5) is 19.8. The van der Waals surface area contributed by atoms with E-state index in [1.807, 2.05) is 0 Å². The maximum absolute atomic E-state index is 10.5. The van der Waals surface area contributed by atoms with Crippen molar-refractivity contribution in [3.8, 4) is 0 Å². The number of nitro benzene ring substituents is 1. The van der Waals surface area contributed by atoms with Gasteiger partial charge in [0.2, 0.25) is 6.04 Å². The van der Waals surface area contributed by atoms with Gasteiger partial charge < -0.3 is 0 Å². The topological polar surface area (TPSA) is 86.3 Å². The number of benzene rings is 1. The molecular weight excluding hydrogens is 188 g/mol. The zero-order valence-corrected chi connectivity index (χ0v) is 7.41. The summed E-state index contributed by atoms with van der Waals surface area (Å²) in [6.07, 6.45) is 0. The second kappa shape index (κ2) is 3.82. The summed E-state index contributed by atoms with van der Waals surface area (Å²) < 4.78 is 0. The fraction of sp³-hybridized carbons (Fsp3) is 0.250. The van der Waals surface area contributed by atoms with Crippen LogP contribution in [0.1, 0.15) is 18.5 Å². The molecule has 0 fully saturated rings. The Morgan fingerprint density at radius 3 is 2.29 bits per heavy atom. The molecule has 0 N–H and O–H groups in total. The molecule has 0 radical (unpaired) electrons. The molecule has 0 amide bonds. The van der Waals surface area contributed by atoms with E-state index in [0.29, 0.717) is 0 Å². The molecular formula is C8H8N2O4. The van der Waals surface area contributed by atoms with Gasteiger partial charge in [0.05, 0.1) is 4.92 Å². The van der Waals surface area contributed by atoms with Gasteiger partial charge in [-0.05, 0) is 6.07 Å². The lowest BCUT2D eigenvalue weighted by Gasteiger charge is -2.03. The lowest BCUT2D eigenvalue weighted by Crippen LogP contribution is -2.08. The molecule has 1 rings (SSSR count). The number of nitro groups is 2. The van der Waals surface area contributed by atoms with Crippen LogP contribution in [0.15, 0.2) is 24.3 Å². The van der Waals surface area contributed by atoms with Crippen LogP contribution in [-0.4, -0.2) is 9.85 Å². The first-order valence-electron chi connectivity index (χ1n) is 3.91. The number of hydrogen-bond acceptors (Lipinski definition) is 4. The Hall–Kier alpha value is -1.98. The second-order valence-electron chi connectivity index (χ2n) is 2.78. The van der Waals surface area contributed by atoms with Crippen molar-refractivity contribution in [3.63, 3.8) is 0 Å². The zero-order chi connectivity index (χ0) is 10.7. The molecule has 0 saturated carbocycles. The Balaban J connectivity index is 3.19. The Bertz CT molecular complexity index is 377. The minimum absolute atomic E-state index is 0.127. The summed E-state index contributed by atoms with van der Waals surface area (Å²) in [5, 5.41) is 21.0. The monoisotopic (exact) mass is 196 g/mol. The predicted molar refractivity (Wildman–Crippen MR) is 48.5 cm³/mol. The van der Waals surface area contributed by atoms with Crippen LogP contribution >= 0.6 is 0 Å². The Labute approximate surface area is 79.5 Å². The third-order valence-electron chi connectivity index (χ3n) is 1.90. The van der Waals surface area contributed by atoms with Gasteiger partial charge in [0, 0.05) is 17.9 Å². The Morgan fingerprint density at radius 2 is 1.79 bits per heavy atom. The fourth-order valence-electron chi connectivity index (χ4n) is 1.12. The molecule has 0 aliphatic carbocycles. The molecule has 0 spiro atoms. The molecule has 74 valence electrons. The molecule has 6 nitrogen and oxygen atoms in total. The van der Waals surface area contributed by atoms with E-state index in [2.05, 4.69) is 0 Å². The lowest BCUT2D eigenvalue weighted by atomic mass is 10.1. The number of rotatable bonds is 3. The average molecular weight is 196 g/mol. The van der Waals surface area contributed by atoms with E-state index < -0.39 is 15.9 Å². The van der Waals surface area contributed by atoms with E-state index in [1.165, 1.54) is 25.1 Å². The molecule has 0 aromatic heterocycles. The van der Waals surface area contributed by atoms with Crippen LogP contribution in [-0.2, 0) is 0 Å². The Kier molecular flexibility index (Phi) is 2.76. The molecule has 1 atom stereocenters. The maximum atomic E-state index is 10.5. The third kappa shape index (κ3) is 1.85. The summed E-state index contributed by atoms with van der Waals surface area (Å²) in [5.41, 5.74) is -0.0841. The van der Waals surface area contributed by atoms with Crippen LogP contribution in [0.3, 0.4) is 0 Å². The van der Waals surface area contributed by atoms with E-state index in [4.69, 9.17) is 0 Å². The molecule has 0 aliphatic heterocycles. The SMILES string of the molecule is CC(c1ccccc1[N+](=O)[O-])[N+](=O)[O-]. The molecule has 0 heterocycles. The van der Waals surface area contributed by atoms with Crippen molar-refractivity contribution in [3.05, 3.63) is 50.1 Å². The van der Waals surface area contributed by atoms with Gasteiger partial charge >= 0.3 is 0 Å². The highest BCUT2D eigenvalue weighted by Gasteiger charge is 2.25. The van der Waals surface area contributed by atoms with E-state index in [9.17, 15) is 20.2 Å². The van der Waals surface area contributed by atoms with Gasteiger partial charge in [-0.15, -0.1) is 0 Å². The highest BCUT2D eigenvalue weighted by atomic mass is 16.6. The van der Waals surface area contributed by atoms with Crippen LogP contribution in [0.25, 0.3) is 0 Å². The molecule has 0 saturated heterocycles. The van der Waals surface area contributed by atoms with Crippen molar-refractivity contribution in [2.75, 3.05) is 0 Å². The summed E-state index contributed by atoms with van der Waals surface area (Å²) in [6, 6.07) is 4.62. The minimum atomic E-state index is -1.06. The van der Waals surface area contributed by atoms with Gasteiger partial charge in [0.15, 0.2) is 0 Å². The molecule has 1 unspecified atom stereocenters. The van der Waals surface area contributed by atoms with Crippen molar-refractivity contribution >= 4 is 5.69 Å². The normalized spacial score (nSPS) is 12.1. The molecule has 1 aromatic carbocycles. The summed E-state index contributed by atoms with van der Waals surface area (Å²) in [5.74, 6) is 0. The van der Waals surface area contributed by atoms with Crippen LogP contribution in [0.2, 0.25) is 0 Å². The van der Waals surface area contributed by atoms with Gasteiger partial charge in [0.25, 0.3) is 5.69 Å². The Morgan fingerprint density at radius 1 is 1.21 bits per heavy atom. The number of para-hydroxylation sites is 1. The molecule has 0 bridgehead atoms. The first-order valence-corrected chi connectivity index (χ1v) is 3.91. The van der Waals surface area contributed by atoms with Crippen molar-refractivity contribution < 1.29 is 9.85 Å². The van der Waals surface area contributed by atoms with Crippen LogP contribution < -0.4 is 0 Å². The predicted octanol–water partition coefficient (Wildman–Crippen LogP) is 1.93. The van der Waals surface area contributed by atoms with Gasteiger partial charge in [-0.2, -0.15) is 0 Å². The molecule has 1 aromatic rings. The average Bonchev–Trinajstić information content (AvgIpc) is 2.16. The maximum Gasteiger partial charge on any atom is 0.279 e. The highest BCUT2D eigenvalue weighted by Crippen LogP contribution is 2.25. The van der Waals surface area contributed by atoms with Crippen LogP contribution in [0, 0.1) is 20.2 Å². The van der Waals surface area contributed by atoms with Crippen molar-refractivity contribution in [2.24, 2.45) is 0 Å². The van der Waals surface area contributed by atoms with Crippen molar-refractivity contribution in [1.29, 1.82) is 0 Å². The van der Waals surface area contributed by atoms with E-state index >= 15 is 0 Å². The quantitative estimate of drug-likeness (QED) is 0.545. The fourth-order valence-corrected chi connectivity index (χ4v) is 1.12. The van der Waals surface area contributed by atoms with Crippen LogP contribution in [0.4, 0.5) is 5.69 Å². The van der Waals surface area contributed by atoms with E-state index in [-0.39, 0.29) is 11.3 Å². The van der Waals surface area contributed by atoms with Gasteiger partial charge in [0.1, 0.15) is 5.56 Å². The number of nitrogens with zero attached hydrogens (tertiary/aromatic N) is 2. The number of hydrogen-bond donors (Lipinski definition) is 0. The molecule has 14 heavy (non-hydrogen) atoms. The highest BCUT2D eigenvalue weighted by molar-refractivity contribution is 5.40. The largest absolute Gasteiger partial charge is 0.279 e. The van der Waals surface area contributed by atoms with Crippen LogP contribution in [0.5, 0.6) is 0 Å². The standard InChI is InChI=1S/C8H8N2O4/c1-6(9(11)12)7-4-2-3-5-8(7)10(13)14/h2-6H,1H3. The zero-order valence-electron chi connectivity index (χ0n) is 7.41. The van der Waals surface area contributed by atoms with Gasteiger partial charge in [-0.25, -0.2) is 0 Å². The van der Waals surface area contributed by atoms with E-state index in [1.54, 1.807) is 6.07 Å². The summed E-state index contributed by atoms with van der Waals surface area (Å²) >= 11 is 0. The first kappa shape index (κ1) is 10.1. The first-order chi connectivity index (χ1) is 6.54. The van der Waals surface area contributed by atoms with Crippen molar-refractivity contribution in [1.82, 2.24) is 0 Å². The molecule has 6 heteroatoms. The summed E-state index contributed by atoms with van der Waals surface area (Å²) in [6.45, 7) is 1.32. The minimum Gasteiger partial charge on any atom is -0.264 e. The smallest absolute Gasteiger partial charge is 0.264 e. The lowest BCUT2D eigenvalue weighted by molar-refractivity contribution is -0.525. The van der Waals surface area contributed by atoms with E-state index in [0.717, 1.165) is 0 Å². The van der Waals surface area contributed by atoms with Gasteiger partial charge in [-0.3, -0.25) is 20.2 Å². The summed E-state index contributed by atoms with van der Waals surface area (Å²) in [7, 11) is 0. The van der Waals surface area contributed by atoms with Gasteiger partial charge in [-0.1, -0.05) is 12.1 Å². The molecule has 0 aliphatic rings.